The largest absolute Gasteiger partial charge is 0.492 e. The van der Waals surface area contributed by atoms with E-state index in [1.807, 2.05) is 32.0 Å². The van der Waals surface area contributed by atoms with E-state index in [2.05, 4.69) is 6.07 Å². The molecule has 1 fully saturated rings. The van der Waals surface area contributed by atoms with Gasteiger partial charge in [0.05, 0.1) is 24.4 Å². The third-order valence-corrected chi connectivity index (χ3v) is 5.56. The van der Waals surface area contributed by atoms with Crippen molar-refractivity contribution in [1.29, 1.82) is 15.9 Å². The van der Waals surface area contributed by atoms with Crippen molar-refractivity contribution < 1.29 is 9.53 Å². The molecule has 0 bridgehead atoms. The number of ether oxygens (including phenoxy) is 1. The summed E-state index contributed by atoms with van der Waals surface area (Å²) >= 11 is 0. The smallest absolute Gasteiger partial charge is 0.254 e. The molecular formula is C24H23N5O2. The van der Waals surface area contributed by atoms with E-state index >= 15 is 0 Å². The highest BCUT2D eigenvalue weighted by Gasteiger charge is 2.33. The predicted octanol–water partition coefficient (Wildman–Crippen LogP) is 3.23. The summed E-state index contributed by atoms with van der Waals surface area (Å²) < 4.78 is 5.16. The Bertz CT molecular complexity index is 1160. The molecule has 1 aliphatic rings. The van der Waals surface area contributed by atoms with Crippen molar-refractivity contribution in [2.75, 3.05) is 20.2 Å². The number of nitrogens with two attached hydrogens (primary N) is 1. The molecule has 0 spiro atoms. The van der Waals surface area contributed by atoms with Crippen molar-refractivity contribution in [3.63, 3.8) is 0 Å². The molecule has 0 aromatic heterocycles. The Morgan fingerprint density at radius 2 is 1.74 bits per heavy atom. The predicted molar refractivity (Wildman–Crippen MR) is 117 cm³/mol. The average Bonchev–Trinajstić information content (AvgIpc) is 2.73. The van der Waals surface area contributed by atoms with Crippen LogP contribution >= 0.6 is 0 Å². The van der Waals surface area contributed by atoms with Crippen LogP contribution in [0.1, 0.15) is 44.1 Å². The topological polar surface area (TPSA) is 127 Å². The van der Waals surface area contributed by atoms with Gasteiger partial charge in [-0.2, -0.15) is 10.5 Å². The molecule has 1 aliphatic heterocycles. The standard InChI is InChI=1S/C24H23N5O2/c1-14-8-15(2)20(9-19(14)22(28)23(31-3)21(27)11-26)24(30)29-12-18(13-29)17-6-4-16(10-25)5-7-17/h4-9,18,27H,12-13,28H2,1-3H3/b23-22+,27-21?. The van der Waals surface area contributed by atoms with Gasteiger partial charge in [-0.1, -0.05) is 18.2 Å². The highest BCUT2D eigenvalue weighted by molar-refractivity contribution is 6.12. The molecule has 7 heteroatoms. The minimum Gasteiger partial charge on any atom is -0.492 e. The second-order valence-electron chi connectivity index (χ2n) is 7.56. The number of carbonyl (C=O) groups is 1. The molecule has 0 atom stereocenters. The minimum absolute atomic E-state index is 0.0160. The molecule has 0 unspecified atom stereocenters. The zero-order chi connectivity index (χ0) is 22.7. The van der Waals surface area contributed by atoms with Crippen LogP contribution in [0.2, 0.25) is 0 Å². The maximum absolute atomic E-state index is 13.1. The van der Waals surface area contributed by atoms with Crippen LogP contribution in [-0.2, 0) is 4.74 Å². The number of carbonyl (C=O) groups excluding carboxylic acids is 1. The van der Waals surface area contributed by atoms with Crippen LogP contribution in [0.4, 0.5) is 0 Å². The van der Waals surface area contributed by atoms with Crippen LogP contribution in [0.25, 0.3) is 5.70 Å². The van der Waals surface area contributed by atoms with Gasteiger partial charge in [0.2, 0.25) is 0 Å². The first kappa shape index (κ1) is 21.6. The lowest BCUT2D eigenvalue weighted by Crippen LogP contribution is -2.48. The molecule has 31 heavy (non-hydrogen) atoms. The number of likely N-dealkylation sites (tertiary alicyclic amines) is 1. The van der Waals surface area contributed by atoms with Gasteiger partial charge in [-0.25, -0.2) is 0 Å². The van der Waals surface area contributed by atoms with E-state index in [0.717, 1.165) is 16.7 Å². The van der Waals surface area contributed by atoms with Gasteiger partial charge in [0.15, 0.2) is 11.5 Å². The summed E-state index contributed by atoms with van der Waals surface area (Å²) in [7, 11) is 1.35. The van der Waals surface area contributed by atoms with Gasteiger partial charge in [-0.05, 0) is 48.7 Å². The lowest BCUT2D eigenvalue weighted by atomic mass is 9.89. The van der Waals surface area contributed by atoms with Crippen LogP contribution < -0.4 is 5.73 Å². The summed E-state index contributed by atoms with van der Waals surface area (Å²) in [6.45, 7) is 4.93. The fourth-order valence-corrected chi connectivity index (χ4v) is 3.75. The summed E-state index contributed by atoms with van der Waals surface area (Å²) in [6, 6.07) is 14.9. The average molecular weight is 413 g/mol. The Morgan fingerprint density at radius 3 is 2.29 bits per heavy atom. The fraction of sp³-hybridized carbons (Fsp3) is 0.250. The van der Waals surface area contributed by atoms with Gasteiger partial charge in [-0.15, -0.1) is 0 Å². The molecule has 0 saturated carbocycles. The highest BCUT2D eigenvalue weighted by Crippen LogP contribution is 2.30. The Labute approximate surface area is 181 Å². The monoisotopic (exact) mass is 413 g/mol. The Balaban J connectivity index is 1.85. The first-order valence-corrected chi connectivity index (χ1v) is 9.74. The quantitative estimate of drug-likeness (QED) is 0.575. The summed E-state index contributed by atoms with van der Waals surface area (Å²) in [5.41, 5.74) is 10.5. The molecule has 1 amide bonds. The van der Waals surface area contributed by atoms with Gasteiger partial charge >= 0.3 is 0 Å². The van der Waals surface area contributed by atoms with E-state index in [0.29, 0.717) is 29.8 Å². The third kappa shape index (κ3) is 4.12. The van der Waals surface area contributed by atoms with Gasteiger partial charge in [0.1, 0.15) is 6.07 Å². The highest BCUT2D eigenvalue weighted by atomic mass is 16.5. The first-order chi connectivity index (χ1) is 14.8. The van der Waals surface area contributed by atoms with E-state index in [9.17, 15) is 4.79 Å². The van der Waals surface area contributed by atoms with E-state index in [1.165, 1.54) is 7.11 Å². The molecule has 3 N–H and O–H groups in total. The summed E-state index contributed by atoms with van der Waals surface area (Å²) in [6.07, 6.45) is 0. The number of amides is 1. The molecule has 3 rings (SSSR count). The van der Waals surface area contributed by atoms with Crippen LogP contribution in [-0.4, -0.2) is 36.7 Å². The van der Waals surface area contributed by atoms with Gasteiger partial charge in [0, 0.05) is 30.1 Å². The van der Waals surface area contributed by atoms with E-state index in [-0.39, 0.29) is 29.0 Å². The number of methoxy groups -OCH3 is 1. The second kappa shape index (κ2) is 8.73. The Hall–Kier alpha value is -4.10. The van der Waals surface area contributed by atoms with Crippen LogP contribution in [0.15, 0.2) is 42.2 Å². The number of hydrogen-bond donors (Lipinski definition) is 2. The Morgan fingerprint density at radius 1 is 1.13 bits per heavy atom. The number of rotatable bonds is 5. The summed E-state index contributed by atoms with van der Waals surface area (Å²) in [5, 5.41) is 25.7. The van der Waals surface area contributed by atoms with Crippen molar-refractivity contribution in [2.45, 2.75) is 19.8 Å². The molecule has 0 radical (unpaired) electrons. The summed E-state index contributed by atoms with van der Waals surface area (Å²) in [5.74, 6) is 0.131. The molecule has 2 aromatic rings. The van der Waals surface area contributed by atoms with Crippen LogP contribution in [0.5, 0.6) is 0 Å². The molecule has 7 nitrogen and oxygen atoms in total. The van der Waals surface area contributed by atoms with E-state index < -0.39 is 0 Å². The number of nitriles is 2. The second-order valence-corrected chi connectivity index (χ2v) is 7.56. The number of benzene rings is 2. The van der Waals surface area contributed by atoms with Gasteiger partial charge in [0.25, 0.3) is 5.91 Å². The maximum atomic E-state index is 13.1. The Kier molecular flexibility index (Phi) is 6.08. The number of aryl methyl sites for hydroxylation is 2. The van der Waals surface area contributed by atoms with Crippen molar-refractivity contribution in [3.8, 4) is 12.1 Å². The number of nitrogens with zero attached hydrogens (tertiary/aromatic N) is 3. The van der Waals surface area contributed by atoms with Crippen molar-refractivity contribution in [1.82, 2.24) is 4.90 Å². The SMILES string of the molecule is CO/C(C(=N)C#N)=C(/N)c1cc(C(=O)N2CC(c3ccc(C#N)cc3)C2)c(C)cc1C. The van der Waals surface area contributed by atoms with E-state index in [4.69, 9.17) is 26.4 Å². The van der Waals surface area contributed by atoms with Gasteiger partial charge < -0.3 is 15.4 Å². The van der Waals surface area contributed by atoms with Crippen LogP contribution in [0, 0.1) is 41.9 Å². The third-order valence-electron chi connectivity index (χ3n) is 5.56. The number of allylic oxidation sites excluding steroid dienone is 1. The fourth-order valence-electron chi connectivity index (χ4n) is 3.75. The molecule has 2 aromatic carbocycles. The first-order valence-electron chi connectivity index (χ1n) is 9.74. The zero-order valence-electron chi connectivity index (χ0n) is 17.7. The summed E-state index contributed by atoms with van der Waals surface area (Å²) in [4.78, 5) is 14.9. The number of hydrogen-bond acceptors (Lipinski definition) is 6. The molecule has 0 aliphatic carbocycles. The normalized spacial score (nSPS) is 14.0. The zero-order valence-corrected chi connectivity index (χ0v) is 17.7. The molecule has 1 saturated heterocycles. The van der Waals surface area contributed by atoms with Crippen molar-refractivity contribution in [3.05, 3.63) is 75.5 Å². The lowest BCUT2D eigenvalue weighted by Gasteiger charge is -2.40. The number of nitrogens with one attached hydrogen (secondary N) is 1. The lowest BCUT2D eigenvalue weighted by molar-refractivity contribution is 0.0601. The van der Waals surface area contributed by atoms with Gasteiger partial charge in [-0.3, -0.25) is 10.2 Å². The maximum Gasteiger partial charge on any atom is 0.254 e. The van der Waals surface area contributed by atoms with E-state index in [1.54, 1.807) is 29.2 Å². The molecular weight excluding hydrogens is 390 g/mol. The minimum atomic E-state index is -0.374. The van der Waals surface area contributed by atoms with Crippen molar-refractivity contribution >= 4 is 17.3 Å². The molecule has 1 heterocycles. The van der Waals surface area contributed by atoms with Crippen LogP contribution in [0.3, 0.4) is 0 Å². The molecule has 156 valence electrons. The van der Waals surface area contributed by atoms with Crippen molar-refractivity contribution in [2.24, 2.45) is 5.73 Å².